The highest BCUT2D eigenvalue weighted by Gasteiger charge is 2.29. The van der Waals surface area contributed by atoms with Gasteiger partial charge in [-0.15, -0.1) is 0 Å². The van der Waals surface area contributed by atoms with Crippen molar-refractivity contribution in [3.8, 4) is 0 Å². The van der Waals surface area contributed by atoms with Gasteiger partial charge in [-0.25, -0.2) is 4.79 Å². The smallest absolute Gasteiger partial charge is 0.340 e. The van der Waals surface area contributed by atoms with Gasteiger partial charge < -0.3 is 9.52 Å². The molecule has 0 saturated heterocycles. The lowest BCUT2D eigenvalue weighted by Gasteiger charge is -2.15. The monoisotopic (exact) mass is 210 g/mol. The molecule has 1 rings (SSSR count). The number of carbonyl (C=O) groups excluding carboxylic acids is 1. The molecule has 0 aliphatic rings. The predicted octanol–water partition coefficient (Wildman–Crippen LogP) is 2.40. The molecule has 1 heterocycles. The molecule has 0 aromatic carbocycles. The molecule has 0 atom stereocenters. The van der Waals surface area contributed by atoms with Crippen molar-refractivity contribution in [1.29, 1.82) is 0 Å². The SMILES string of the molecule is Cc1oc(C(C)(C)C)c(C=O)c1C(=O)O. The first-order valence-corrected chi connectivity index (χ1v) is 4.61. The zero-order valence-electron chi connectivity index (χ0n) is 9.25. The Hall–Kier alpha value is -1.58. The van der Waals surface area contributed by atoms with Gasteiger partial charge >= 0.3 is 5.97 Å². The van der Waals surface area contributed by atoms with E-state index in [1.54, 1.807) is 6.92 Å². The summed E-state index contributed by atoms with van der Waals surface area (Å²) in [4.78, 5) is 21.8. The molecular weight excluding hydrogens is 196 g/mol. The van der Waals surface area contributed by atoms with E-state index in [0.29, 0.717) is 12.0 Å². The quantitative estimate of drug-likeness (QED) is 0.761. The van der Waals surface area contributed by atoms with E-state index in [1.165, 1.54) is 0 Å². The minimum absolute atomic E-state index is 0.0325. The summed E-state index contributed by atoms with van der Waals surface area (Å²) in [6, 6.07) is 0. The molecule has 0 unspecified atom stereocenters. The Morgan fingerprint density at radius 3 is 2.27 bits per heavy atom. The van der Waals surface area contributed by atoms with Crippen LogP contribution in [0, 0.1) is 6.92 Å². The number of aryl methyl sites for hydroxylation is 1. The van der Waals surface area contributed by atoms with Crippen molar-refractivity contribution in [1.82, 2.24) is 0 Å². The van der Waals surface area contributed by atoms with Crippen molar-refractivity contribution < 1.29 is 19.1 Å². The number of hydrogen-bond acceptors (Lipinski definition) is 3. The van der Waals surface area contributed by atoms with Crippen molar-refractivity contribution in [3.05, 3.63) is 22.6 Å². The van der Waals surface area contributed by atoms with Crippen molar-refractivity contribution >= 4 is 12.3 Å². The fourth-order valence-electron chi connectivity index (χ4n) is 1.50. The van der Waals surface area contributed by atoms with Gasteiger partial charge in [-0.3, -0.25) is 4.79 Å². The van der Waals surface area contributed by atoms with E-state index in [-0.39, 0.29) is 22.3 Å². The molecule has 1 aromatic rings. The molecule has 0 spiro atoms. The molecule has 15 heavy (non-hydrogen) atoms. The highest BCUT2D eigenvalue weighted by Crippen LogP contribution is 2.31. The summed E-state index contributed by atoms with van der Waals surface area (Å²) in [5, 5.41) is 8.94. The van der Waals surface area contributed by atoms with E-state index in [4.69, 9.17) is 9.52 Å². The van der Waals surface area contributed by atoms with Crippen LogP contribution < -0.4 is 0 Å². The maximum atomic E-state index is 10.9. The van der Waals surface area contributed by atoms with Gasteiger partial charge in [0.05, 0.1) is 5.56 Å². The lowest BCUT2D eigenvalue weighted by Crippen LogP contribution is -2.13. The van der Waals surface area contributed by atoms with Crippen LogP contribution >= 0.6 is 0 Å². The second kappa shape index (κ2) is 3.53. The number of hydrogen-bond donors (Lipinski definition) is 1. The zero-order chi connectivity index (χ0) is 11.8. The largest absolute Gasteiger partial charge is 0.478 e. The van der Waals surface area contributed by atoms with Gasteiger partial charge in [0, 0.05) is 5.41 Å². The molecule has 0 aliphatic carbocycles. The third-order valence-electron chi connectivity index (χ3n) is 2.13. The number of rotatable bonds is 2. The summed E-state index contributed by atoms with van der Waals surface area (Å²) in [5.74, 6) is -0.434. The van der Waals surface area contributed by atoms with Crippen molar-refractivity contribution in [2.75, 3.05) is 0 Å². The van der Waals surface area contributed by atoms with E-state index in [0.717, 1.165) is 0 Å². The third-order valence-corrected chi connectivity index (χ3v) is 2.13. The van der Waals surface area contributed by atoms with Crippen molar-refractivity contribution in [2.45, 2.75) is 33.1 Å². The predicted molar refractivity (Wildman–Crippen MR) is 54.5 cm³/mol. The molecular formula is C11H14O4. The zero-order valence-corrected chi connectivity index (χ0v) is 9.25. The van der Waals surface area contributed by atoms with E-state index < -0.39 is 5.97 Å². The van der Waals surface area contributed by atoms with E-state index in [9.17, 15) is 9.59 Å². The third kappa shape index (κ3) is 1.93. The number of carboxylic acids is 1. The molecule has 0 radical (unpaired) electrons. The Labute approximate surface area is 87.9 Å². The molecule has 0 fully saturated rings. The standard InChI is InChI=1S/C11H14O4/c1-6-8(10(13)14)7(5-12)9(15-6)11(2,3)4/h5H,1-4H3,(H,13,14). The van der Waals surface area contributed by atoms with E-state index in [2.05, 4.69) is 0 Å². The van der Waals surface area contributed by atoms with Gasteiger partial charge in [0.25, 0.3) is 0 Å². The average Bonchev–Trinajstić information content (AvgIpc) is 2.41. The highest BCUT2D eigenvalue weighted by atomic mass is 16.4. The van der Waals surface area contributed by atoms with E-state index >= 15 is 0 Å². The van der Waals surface area contributed by atoms with Crippen LogP contribution in [0.25, 0.3) is 0 Å². The van der Waals surface area contributed by atoms with Gasteiger partial charge in [-0.2, -0.15) is 0 Å². The van der Waals surface area contributed by atoms with Gasteiger partial charge in [0.2, 0.25) is 0 Å². The van der Waals surface area contributed by atoms with E-state index in [1.807, 2.05) is 20.8 Å². The molecule has 1 aromatic heterocycles. The Kier molecular flexibility index (Phi) is 2.71. The highest BCUT2D eigenvalue weighted by molar-refractivity contribution is 5.99. The average molecular weight is 210 g/mol. The maximum absolute atomic E-state index is 10.9. The molecule has 1 N–H and O–H groups in total. The summed E-state index contributed by atoms with van der Waals surface area (Å²) in [5.41, 5.74) is -0.267. The van der Waals surface area contributed by atoms with Crippen LogP contribution in [0.5, 0.6) is 0 Å². The number of furan rings is 1. The first-order chi connectivity index (χ1) is 6.79. The van der Waals surface area contributed by atoms with Crippen molar-refractivity contribution in [3.63, 3.8) is 0 Å². The van der Waals surface area contributed by atoms with Gasteiger partial charge in [-0.1, -0.05) is 20.8 Å². The number of aldehydes is 1. The molecule has 0 bridgehead atoms. The first kappa shape index (κ1) is 11.5. The molecule has 4 nitrogen and oxygen atoms in total. The Morgan fingerprint density at radius 2 is 1.93 bits per heavy atom. The fourth-order valence-corrected chi connectivity index (χ4v) is 1.50. The number of carboxylic acid groups (broad SMARTS) is 1. The topological polar surface area (TPSA) is 67.5 Å². The Bertz CT molecular complexity index is 407. The number of aromatic carboxylic acids is 1. The summed E-state index contributed by atoms with van der Waals surface area (Å²) in [7, 11) is 0. The number of carbonyl (C=O) groups is 2. The summed E-state index contributed by atoms with van der Waals surface area (Å²) in [6.45, 7) is 7.14. The van der Waals surface area contributed by atoms with Crippen LogP contribution in [-0.4, -0.2) is 17.4 Å². The molecule has 0 amide bonds. The van der Waals surface area contributed by atoms with Crippen molar-refractivity contribution in [2.24, 2.45) is 0 Å². The minimum Gasteiger partial charge on any atom is -0.478 e. The summed E-state index contributed by atoms with van der Waals surface area (Å²) in [6.07, 6.45) is 0.542. The van der Waals surface area contributed by atoms with Crippen LogP contribution in [0.1, 0.15) is 53.0 Å². The lowest BCUT2D eigenvalue weighted by atomic mass is 9.89. The lowest BCUT2D eigenvalue weighted by molar-refractivity contribution is 0.0692. The van der Waals surface area contributed by atoms with Crippen LogP contribution in [0.15, 0.2) is 4.42 Å². The normalized spacial score (nSPS) is 11.5. The Morgan fingerprint density at radius 1 is 1.40 bits per heavy atom. The summed E-state index contributed by atoms with van der Waals surface area (Å²) < 4.78 is 5.35. The minimum atomic E-state index is -1.13. The second-order valence-corrected chi connectivity index (χ2v) is 4.45. The molecule has 82 valence electrons. The van der Waals surface area contributed by atoms with Gasteiger partial charge in [0.1, 0.15) is 17.1 Å². The van der Waals surface area contributed by atoms with Crippen LogP contribution in [-0.2, 0) is 5.41 Å². The maximum Gasteiger partial charge on any atom is 0.340 e. The van der Waals surface area contributed by atoms with Gasteiger partial charge in [0.15, 0.2) is 6.29 Å². The molecule has 0 saturated carbocycles. The Balaban J connectivity index is 3.51. The fraction of sp³-hybridized carbons (Fsp3) is 0.455. The summed E-state index contributed by atoms with van der Waals surface area (Å²) >= 11 is 0. The molecule has 4 heteroatoms. The second-order valence-electron chi connectivity index (χ2n) is 4.45. The van der Waals surface area contributed by atoms with Gasteiger partial charge in [-0.05, 0) is 6.92 Å². The van der Waals surface area contributed by atoms with Crippen LogP contribution in [0.4, 0.5) is 0 Å². The first-order valence-electron chi connectivity index (χ1n) is 4.61. The molecule has 0 aliphatic heterocycles. The van der Waals surface area contributed by atoms with Crippen LogP contribution in [0.3, 0.4) is 0 Å². The van der Waals surface area contributed by atoms with Crippen LogP contribution in [0.2, 0.25) is 0 Å².